The topological polar surface area (TPSA) is 75.6 Å². The Morgan fingerprint density at radius 2 is 1.95 bits per heavy atom. The van der Waals surface area contributed by atoms with Gasteiger partial charge in [0, 0.05) is 17.4 Å². The number of nitrogens with one attached hydrogen (secondary N) is 1. The summed E-state index contributed by atoms with van der Waals surface area (Å²) in [5, 5.41) is 11.2. The SMILES string of the molecule is CC(Oc1ccc(Br)cc1)C(=O)NCCCCC(=O)O. The van der Waals surface area contributed by atoms with Crippen LogP contribution in [0.15, 0.2) is 28.7 Å². The molecular formula is C14H18BrNO4. The fourth-order valence-corrected chi connectivity index (χ4v) is 1.79. The van der Waals surface area contributed by atoms with E-state index in [4.69, 9.17) is 9.84 Å². The molecular weight excluding hydrogens is 326 g/mol. The van der Waals surface area contributed by atoms with Crippen LogP contribution in [0.25, 0.3) is 0 Å². The molecule has 0 fully saturated rings. The highest BCUT2D eigenvalue weighted by molar-refractivity contribution is 9.10. The zero-order valence-electron chi connectivity index (χ0n) is 11.3. The van der Waals surface area contributed by atoms with E-state index in [0.717, 1.165) is 4.47 Å². The molecule has 0 aliphatic carbocycles. The van der Waals surface area contributed by atoms with Gasteiger partial charge < -0.3 is 15.2 Å². The number of amides is 1. The van der Waals surface area contributed by atoms with Crippen LogP contribution in [0.5, 0.6) is 5.75 Å². The van der Waals surface area contributed by atoms with Crippen molar-refractivity contribution in [2.24, 2.45) is 0 Å². The molecule has 6 heteroatoms. The number of carbonyl (C=O) groups is 2. The third-order valence-corrected chi connectivity index (χ3v) is 3.14. The van der Waals surface area contributed by atoms with Crippen LogP contribution >= 0.6 is 15.9 Å². The van der Waals surface area contributed by atoms with Crippen LogP contribution in [-0.2, 0) is 9.59 Å². The third kappa shape index (κ3) is 6.56. The smallest absolute Gasteiger partial charge is 0.303 e. The first-order chi connectivity index (χ1) is 9.49. The Morgan fingerprint density at radius 1 is 1.30 bits per heavy atom. The zero-order valence-corrected chi connectivity index (χ0v) is 12.9. The maximum atomic E-state index is 11.7. The second-order valence-corrected chi connectivity index (χ2v) is 5.27. The van der Waals surface area contributed by atoms with Crippen molar-refractivity contribution in [2.75, 3.05) is 6.54 Å². The molecule has 0 saturated carbocycles. The van der Waals surface area contributed by atoms with Gasteiger partial charge >= 0.3 is 5.97 Å². The molecule has 0 bridgehead atoms. The summed E-state index contributed by atoms with van der Waals surface area (Å²) in [7, 11) is 0. The van der Waals surface area contributed by atoms with E-state index >= 15 is 0 Å². The Kier molecular flexibility index (Phi) is 7.08. The van der Waals surface area contributed by atoms with Crippen molar-refractivity contribution < 1.29 is 19.4 Å². The van der Waals surface area contributed by atoms with Crippen LogP contribution in [0.2, 0.25) is 0 Å². The largest absolute Gasteiger partial charge is 0.481 e. The van der Waals surface area contributed by atoms with Crippen molar-refractivity contribution in [1.29, 1.82) is 0 Å². The van der Waals surface area contributed by atoms with Gasteiger partial charge in [-0.2, -0.15) is 0 Å². The molecule has 1 unspecified atom stereocenters. The van der Waals surface area contributed by atoms with E-state index in [1.54, 1.807) is 19.1 Å². The van der Waals surface area contributed by atoms with E-state index < -0.39 is 12.1 Å². The molecule has 0 radical (unpaired) electrons. The molecule has 0 aliphatic rings. The average molecular weight is 344 g/mol. The quantitative estimate of drug-likeness (QED) is 0.711. The Bertz CT molecular complexity index is 447. The molecule has 1 amide bonds. The van der Waals surface area contributed by atoms with Crippen LogP contribution in [0, 0.1) is 0 Å². The molecule has 1 aromatic carbocycles. The molecule has 1 aromatic rings. The maximum Gasteiger partial charge on any atom is 0.303 e. The fraction of sp³-hybridized carbons (Fsp3) is 0.429. The van der Waals surface area contributed by atoms with Crippen molar-refractivity contribution in [3.8, 4) is 5.75 Å². The maximum absolute atomic E-state index is 11.7. The number of rotatable bonds is 8. The van der Waals surface area contributed by atoms with Gasteiger partial charge in [0.1, 0.15) is 5.75 Å². The summed E-state index contributed by atoms with van der Waals surface area (Å²) in [5.41, 5.74) is 0. The molecule has 2 N–H and O–H groups in total. The molecule has 1 rings (SSSR count). The minimum absolute atomic E-state index is 0.126. The summed E-state index contributed by atoms with van der Waals surface area (Å²) in [6.07, 6.45) is 0.733. The lowest BCUT2D eigenvalue weighted by molar-refractivity contribution is -0.137. The first-order valence-electron chi connectivity index (χ1n) is 6.41. The highest BCUT2D eigenvalue weighted by atomic mass is 79.9. The second-order valence-electron chi connectivity index (χ2n) is 4.36. The fourth-order valence-electron chi connectivity index (χ4n) is 1.53. The summed E-state index contributed by atoms with van der Waals surface area (Å²) < 4.78 is 6.44. The van der Waals surface area contributed by atoms with Crippen molar-refractivity contribution in [2.45, 2.75) is 32.3 Å². The van der Waals surface area contributed by atoms with Crippen LogP contribution in [0.1, 0.15) is 26.2 Å². The van der Waals surface area contributed by atoms with Gasteiger partial charge in [-0.3, -0.25) is 9.59 Å². The number of carbonyl (C=O) groups excluding carboxylic acids is 1. The Hall–Kier alpha value is -1.56. The summed E-state index contributed by atoms with van der Waals surface area (Å²) in [5.74, 6) is -0.395. The van der Waals surface area contributed by atoms with E-state index in [1.165, 1.54) is 0 Å². The number of carboxylic acid groups (broad SMARTS) is 1. The molecule has 5 nitrogen and oxygen atoms in total. The van der Waals surface area contributed by atoms with Crippen molar-refractivity contribution in [3.63, 3.8) is 0 Å². The molecule has 0 aliphatic heterocycles. The van der Waals surface area contributed by atoms with Crippen LogP contribution in [0.4, 0.5) is 0 Å². The normalized spacial score (nSPS) is 11.7. The number of benzene rings is 1. The van der Waals surface area contributed by atoms with Gasteiger partial charge in [-0.05, 0) is 44.0 Å². The number of carboxylic acids is 1. The Balaban J connectivity index is 2.25. The van der Waals surface area contributed by atoms with Crippen LogP contribution in [-0.4, -0.2) is 29.6 Å². The Labute approximate surface area is 126 Å². The van der Waals surface area contributed by atoms with Gasteiger partial charge in [0.15, 0.2) is 6.10 Å². The van der Waals surface area contributed by atoms with Gasteiger partial charge in [-0.15, -0.1) is 0 Å². The van der Waals surface area contributed by atoms with Crippen LogP contribution < -0.4 is 10.1 Å². The zero-order chi connectivity index (χ0) is 15.0. The van der Waals surface area contributed by atoms with E-state index in [1.807, 2.05) is 12.1 Å². The number of halogens is 1. The summed E-state index contributed by atoms with van der Waals surface area (Å²) in [6, 6.07) is 7.24. The minimum Gasteiger partial charge on any atom is -0.481 e. The van der Waals surface area contributed by atoms with E-state index in [2.05, 4.69) is 21.2 Å². The second kappa shape index (κ2) is 8.58. The first-order valence-corrected chi connectivity index (χ1v) is 7.20. The van der Waals surface area contributed by atoms with Gasteiger partial charge in [0.05, 0.1) is 0 Å². The van der Waals surface area contributed by atoms with E-state index in [9.17, 15) is 9.59 Å². The summed E-state index contributed by atoms with van der Waals surface area (Å²) >= 11 is 3.32. The van der Waals surface area contributed by atoms with Crippen molar-refractivity contribution in [1.82, 2.24) is 5.32 Å². The predicted molar refractivity (Wildman–Crippen MR) is 78.7 cm³/mol. The van der Waals surface area contributed by atoms with Crippen LogP contribution in [0.3, 0.4) is 0 Å². The van der Waals surface area contributed by atoms with Gasteiger partial charge in [0.2, 0.25) is 0 Å². The molecule has 1 atom stereocenters. The number of unbranched alkanes of at least 4 members (excludes halogenated alkanes) is 1. The Morgan fingerprint density at radius 3 is 2.55 bits per heavy atom. The lowest BCUT2D eigenvalue weighted by Gasteiger charge is -2.14. The first kappa shape index (κ1) is 16.5. The number of hydrogen-bond acceptors (Lipinski definition) is 3. The van der Waals surface area contributed by atoms with Gasteiger partial charge in [-0.1, -0.05) is 15.9 Å². The minimum atomic E-state index is -0.816. The highest BCUT2D eigenvalue weighted by Crippen LogP contribution is 2.17. The number of hydrogen-bond donors (Lipinski definition) is 2. The average Bonchev–Trinajstić information content (AvgIpc) is 2.40. The standard InChI is InChI=1S/C14H18BrNO4/c1-10(20-12-7-5-11(15)6-8-12)14(19)16-9-3-2-4-13(17)18/h5-8,10H,2-4,9H2,1H3,(H,16,19)(H,17,18). The van der Waals surface area contributed by atoms with Gasteiger partial charge in [-0.25, -0.2) is 0 Å². The lowest BCUT2D eigenvalue weighted by Crippen LogP contribution is -2.36. The monoisotopic (exact) mass is 343 g/mol. The highest BCUT2D eigenvalue weighted by Gasteiger charge is 2.13. The number of aliphatic carboxylic acids is 1. The predicted octanol–water partition coefficient (Wildman–Crippen LogP) is 2.59. The summed E-state index contributed by atoms with van der Waals surface area (Å²) in [4.78, 5) is 22.1. The third-order valence-electron chi connectivity index (χ3n) is 2.61. The molecule has 0 aromatic heterocycles. The van der Waals surface area contributed by atoms with E-state index in [-0.39, 0.29) is 12.3 Å². The molecule has 110 valence electrons. The molecule has 20 heavy (non-hydrogen) atoms. The molecule has 0 spiro atoms. The van der Waals surface area contributed by atoms with Crippen molar-refractivity contribution in [3.05, 3.63) is 28.7 Å². The van der Waals surface area contributed by atoms with Gasteiger partial charge in [0.25, 0.3) is 5.91 Å². The summed E-state index contributed by atoms with van der Waals surface area (Å²) in [6.45, 7) is 2.13. The molecule has 0 heterocycles. The number of ether oxygens (including phenoxy) is 1. The van der Waals surface area contributed by atoms with Crippen molar-refractivity contribution >= 4 is 27.8 Å². The van der Waals surface area contributed by atoms with E-state index in [0.29, 0.717) is 25.1 Å². The lowest BCUT2D eigenvalue weighted by atomic mass is 10.2. The molecule has 0 saturated heterocycles.